The maximum Gasteiger partial charge on any atom is 0.0844 e. The van der Waals surface area contributed by atoms with Crippen LogP contribution >= 0.6 is 0 Å². The molecule has 7 heteroatoms. The minimum Gasteiger partial charge on any atom is -0.259 e. The van der Waals surface area contributed by atoms with Gasteiger partial charge in [0, 0.05) is 92.2 Å². The molecule has 0 aliphatic carbocycles. The Labute approximate surface area is 286 Å². The number of rotatable bonds is 6. The van der Waals surface area contributed by atoms with Crippen LogP contribution in [0.2, 0.25) is 0 Å². The molecular weight excluding hydrogens is 654 g/mol. The van der Waals surface area contributed by atoms with E-state index in [-0.39, 0.29) is 35.7 Å². The zero-order valence-corrected chi connectivity index (χ0v) is 28.6. The summed E-state index contributed by atoms with van der Waals surface area (Å²) in [6, 6.07) is 17.6. The molecule has 46 heavy (non-hydrogen) atoms. The fourth-order valence-corrected chi connectivity index (χ4v) is 4.78. The number of allylic oxidation sites excluding steroid dienone is 6. The molecule has 0 spiro atoms. The summed E-state index contributed by atoms with van der Waals surface area (Å²) in [7, 11) is 0. The second-order valence-electron chi connectivity index (χ2n) is 12.0. The van der Waals surface area contributed by atoms with E-state index in [1.165, 1.54) is 0 Å². The van der Waals surface area contributed by atoms with Crippen molar-refractivity contribution >= 4 is 17.1 Å². The molecule has 0 saturated carbocycles. The molecule has 0 amide bonds. The Morgan fingerprint density at radius 3 is 1.00 bits per heavy atom. The maximum absolute atomic E-state index is 4.37. The molecule has 0 N–H and O–H groups in total. The molecule has 6 heterocycles. The Balaban J connectivity index is 0.000000186. The largest absolute Gasteiger partial charge is 0.259 e. The molecule has 236 valence electrons. The van der Waals surface area contributed by atoms with Gasteiger partial charge < -0.3 is 0 Å². The molecule has 0 saturated heterocycles. The standard InChI is InChI=1S/3C13H14N2.Ru/c3*1-3-13(2)7-9-15-12(10-13)11-6-4-5-8-14-11;/h3*3-9H,1,10H2,2H3;. The average molecular weight is 696 g/mol. The van der Waals surface area contributed by atoms with Crippen molar-refractivity contribution < 1.29 is 19.5 Å². The molecule has 3 aliphatic heterocycles. The summed E-state index contributed by atoms with van der Waals surface area (Å²) in [5.74, 6) is 0. The van der Waals surface area contributed by atoms with Gasteiger partial charge in [0.15, 0.2) is 0 Å². The number of aliphatic imine (C=N–C) groups is 3. The number of pyridine rings is 3. The SMILES string of the molecule is C=CC1(C)C=CN=C(c2ccccn2)C1.C=CC1(C)C=CN=C(c2ccccn2)C1.C=CC1(C)C=CN=C(c2ccccn2)C1.[Ru]. The normalized spacial score (nSPS) is 24.2. The second-order valence-corrected chi connectivity index (χ2v) is 12.0. The Morgan fingerprint density at radius 1 is 0.500 bits per heavy atom. The molecule has 6 rings (SSSR count). The van der Waals surface area contributed by atoms with Gasteiger partial charge in [0.05, 0.1) is 34.2 Å². The third kappa shape index (κ3) is 10.0. The minimum absolute atomic E-state index is 0. The first-order valence-corrected chi connectivity index (χ1v) is 15.1. The van der Waals surface area contributed by atoms with Gasteiger partial charge in [-0.15, -0.1) is 19.7 Å². The van der Waals surface area contributed by atoms with Crippen LogP contribution in [0, 0.1) is 16.2 Å². The Hall–Kier alpha value is -4.48. The molecule has 0 fully saturated rings. The quantitative estimate of drug-likeness (QED) is 0.191. The average Bonchev–Trinajstić information content (AvgIpc) is 3.10. The summed E-state index contributed by atoms with van der Waals surface area (Å²) >= 11 is 0. The van der Waals surface area contributed by atoms with Crippen LogP contribution in [-0.2, 0) is 19.5 Å². The van der Waals surface area contributed by atoms with E-state index in [4.69, 9.17) is 0 Å². The van der Waals surface area contributed by atoms with E-state index < -0.39 is 0 Å². The Kier molecular flexibility index (Phi) is 13.1. The summed E-state index contributed by atoms with van der Waals surface area (Å²) in [4.78, 5) is 26.0. The van der Waals surface area contributed by atoms with Crippen LogP contribution in [0.5, 0.6) is 0 Å². The van der Waals surface area contributed by atoms with E-state index in [0.29, 0.717) is 0 Å². The van der Waals surface area contributed by atoms with E-state index in [1.54, 1.807) is 18.6 Å². The predicted octanol–water partition coefficient (Wildman–Crippen LogP) is 8.94. The zero-order chi connectivity index (χ0) is 32.2. The topological polar surface area (TPSA) is 75.8 Å². The summed E-state index contributed by atoms with van der Waals surface area (Å²) < 4.78 is 0. The van der Waals surface area contributed by atoms with Crippen LogP contribution in [0.15, 0.2) is 163 Å². The fourth-order valence-electron chi connectivity index (χ4n) is 4.78. The molecule has 3 atom stereocenters. The van der Waals surface area contributed by atoms with Crippen molar-refractivity contribution in [2.24, 2.45) is 31.2 Å². The summed E-state index contributed by atoms with van der Waals surface area (Å²) in [5, 5.41) is 0. The van der Waals surface area contributed by atoms with E-state index in [2.05, 4.69) is 88.7 Å². The summed E-state index contributed by atoms with van der Waals surface area (Å²) in [6.45, 7) is 18.0. The van der Waals surface area contributed by atoms with E-state index >= 15 is 0 Å². The Bertz CT molecular complexity index is 1460. The zero-order valence-electron chi connectivity index (χ0n) is 26.9. The van der Waals surface area contributed by atoms with Gasteiger partial charge in [-0.05, 0) is 36.4 Å². The van der Waals surface area contributed by atoms with Crippen molar-refractivity contribution in [3.8, 4) is 0 Å². The molecule has 0 aromatic carbocycles. The van der Waals surface area contributed by atoms with Crippen molar-refractivity contribution in [3.05, 3.63) is 165 Å². The van der Waals surface area contributed by atoms with Crippen LogP contribution in [0.4, 0.5) is 0 Å². The van der Waals surface area contributed by atoms with Gasteiger partial charge in [-0.1, -0.05) is 75.4 Å². The smallest absolute Gasteiger partial charge is 0.0844 e. The number of hydrogen-bond donors (Lipinski definition) is 0. The van der Waals surface area contributed by atoms with Crippen molar-refractivity contribution in [1.82, 2.24) is 15.0 Å². The monoisotopic (exact) mass is 696 g/mol. The molecule has 3 unspecified atom stereocenters. The van der Waals surface area contributed by atoms with Crippen LogP contribution < -0.4 is 0 Å². The first-order valence-electron chi connectivity index (χ1n) is 15.1. The van der Waals surface area contributed by atoms with Gasteiger partial charge in [0.1, 0.15) is 0 Å². The molecule has 3 aliphatic rings. The minimum atomic E-state index is 0. The van der Waals surface area contributed by atoms with E-state index in [9.17, 15) is 0 Å². The fraction of sp³-hybridized carbons (Fsp3) is 0.231. The van der Waals surface area contributed by atoms with Crippen molar-refractivity contribution in [1.29, 1.82) is 0 Å². The van der Waals surface area contributed by atoms with Gasteiger partial charge in [0.2, 0.25) is 0 Å². The van der Waals surface area contributed by atoms with E-state index in [1.807, 2.05) is 91.4 Å². The number of nitrogens with zero attached hydrogens (tertiary/aromatic N) is 6. The Morgan fingerprint density at radius 2 is 0.783 bits per heavy atom. The maximum atomic E-state index is 4.37. The van der Waals surface area contributed by atoms with Gasteiger partial charge in [0.25, 0.3) is 0 Å². The van der Waals surface area contributed by atoms with Crippen LogP contribution in [-0.4, -0.2) is 32.1 Å². The molecule has 0 bridgehead atoms. The summed E-state index contributed by atoms with van der Waals surface area (Å²) in [5.41, 5.74) is 5.97. The number of hydrogen-bond acceptors (Lipinski definition) is 6. The predicted molar refractivity (Wildman–Crippen MR) is 189 cm³/mol. The van der Waals surface area contributed by atoms with Crippen molar-refractivity contribution in [3.63, 3.8) is 0 Å². The van der Waals surface area contributed by atoms with Gasteiger partial charge in [-0.3, -0.25) is 29.9 Å². The van der Waals surface area contributed by atoms with Crippen LogP contribution in [0.3, 0.4) is 0 Å². The van der Waals surface area contributed by atoms with Crippen LogP contribution in [0.25, 0.3) is 0 Å². The first-order chi connectivity index (χ1) is 21.7. The van der Waals surface area contributed by atoms with Gasteiger partial charge in [-0.25, -0.2) is 0 Å². The third-order valence-electron chi connectivity index (χ3n) is 7.98. The van der Waals surface area contributed by atoms with Crippen molar-refractivity contribution in [2.45, 2.75) is 40.0 Å². The molecular formula is C39H42N6Ru. The van der Waals surface area contributed by atoms with Gasteiger partial charge in [-0.2, -0.15) is 0 Å². The van der Waals surface area contributed by atoms with Crippen molar-refractivity contribution in [2.75, 3.05) is 0 Å². The summed E-state index contributed by atoms with van der Waals surface area (Å²) in [6.07, 6.45) is 25.6. The molecule has 6 nitrogen and oxygen atoms in total. The number of aromatic nitrogens is 3. The third-order valence-corrected chi connectivity index (χ3v) is 7.98. The van der Waals surface area contributed by atoms with Gasteiger partial charge >= 0.3 is 0 Å². The molecule has 3 aromatic heterocycles. The van der Waals surface area contributed by atoms with Crippen LogP contribution in [0.1, 0.15) is 57.1 Å². The van der Waals surface area contributed by atoms with E-state index in [0.717, 1.165) is 53.5 Å². The molecule has 3 aromatic rings. The molecule has 0 radical (unpaired) electrons. The first kappa shape index (κ1) is 36.0. The second kappa shape index (κ2) is 16.7.